The zero-order valence-electron chi connectivity index (χ0n) is 19.9. The van der Waals surface area contributed by atoms with E-state index in [1.807, 2.05) is 24.3 Å². The summed E-state index contributed by atoms with van der Waals surface area (Å²) in [5, 5.41) is 7.47. The molecule has 0 spiro atoms. The van der Waals surface area contributed by atoms with E-state index in [2.05, 4.69) is 27.7 Å². The molecule has 35 heavy (non-hydrogen) atoms. The predicted octanol–water partition coefficient (Wildman–Crippen LogP) is 4.74. The number of fused-ring (bicyclic) bond motifs is 3. The number of carbonyl (C=O) groups is 2. The van der Waals surface area contributed by atoms with E-state index in [9.17, 15) is 9.59 Å². The fourth-order valence-electron chi connectivity index (χ4n) is 5.75. The first-order chi connectivity index (χ1) is 16.9. The molecule has 2 N–H and O–H groups in total. The summed E-state index contributed by atoms with van der Waals surface area (Å²) in [5.74, 6) is 0.353. The van der Waals surface area contributed by atoms with Gasteiger partial charge in [-0.2, -0.15) is 0 Å². The Morgan fingerprint density at radius 2 is 1.80 bits per heavy atom. The lowest BCUT2D eigenvalue weighted by atomic mass is 9.84. The molecule has 0 radical (unpaired) electrons. The third-order valence-electron chi connectivity index (χ3n) is 8.04. The molecule has 186 valence electrons. The van der Waals surface area contributed by atoms with Gasteiger partial charge in [0.1, 0.15) is 6.04 Å². The van der Waals surface area contributed by atoms with Crippen LogP contribution >= 0.6 is 23.2 Å². The molecule has 1 saturated carbocycles. The summed E-state index contributed by atoms with van der Waals surface area (Å²) < 4.78 is 0. The lowest BCUT2D eigenvalue weighted by Crippen LogP contribution is -2.60. The van der Waals surface area contributed by atoms with Crippen LogP contribution in [0.5, 0.6) is 0 Å². The number of hydrogen-bond donors (Lipinski definition) is 2. The molecule has 5 nitrogen and oxygen atoms in total. The molecule has 0 aromatic heterocycles. The highest BCUT2D eigenvalue weighted by Crippen LogP contribution is 2.51. The second-order valence-electron chi connectivity index (χ2n) is 10.4. The van der Waals surface area contributed by atoms with Gasteiger partial charge in [0.25, 0.3) is 0 Å². The number of amides is 2. The Kier molecular flexibility index (Phi) is 7.38. The standard InChI is InChI=1S/C28H33Cl2N3O2/c29-21-9-10-22(23(30)17-21)28(13-14-28)27(35)32-24(8-4-7-19-5-2-1-3-6-19)26(34)31-25-18-33-15-11-20(25)12-16-33/h1-3,5-6,9-10,17,20,24-25H,4,7-8,11-16,18H2,(H,31,34)(H,32,35). The normalized spacial score (nSPS) is 25.0. The number of nitrogens with zero attached hydrogens (tertiary/aromatic N) is 1. The van der Waals surface area contributed by atoms with E-state index in [-0.39, 0.29) is 17.9 Å². The molecule has 3 aliphatic heterocycles. The van der Waals surface area contributed by atoms with Gasteiger partial charge < -0.3 is 15.5 Å². The molecule has 2 amide bonds. The predicted molar refractivity (Wildman–Crippen MR) is 140 cm³/mol. The average molecular weight is 514 g/mol. The number of benzene rings is 2. The molecule has 6 rings (SSSR count). The number of halogens is 2. The van der Waals surface area contributed by atoms with Crippen molar-refractivity contribution in [1.29, 1.82) is 0 Å². The lowest BCUT2D eigenvalue weighted by Gasteiger charge is -2.45. The van der Waals surface area contributed by atoms with E-state index in [4.69, 9.17) is 23.2 Å². The minimum absolute atomic E-state index is 0.0665. The number of aryl methyl sites for hydroxylation is 1. The molecule has 3 heterocycles. The monoisotopic (exact) mass is 513 g/mol. The number of hydrogen-bond acceptors (Lipinski definition) is 3. The molecule has 2 aromatic carbocycles. The molecular formula is C28H33Cl2N3O2. The number of carbonyl (C=O) groups excluding carboxylic acids is 2. The van der Waals surface area contributed by atoms with Gasteiger partial charge in [0.2, 0.25) is 11.8 Å². The van der Waals surface area contributed by atoms with Crippen LogP contribution in [0.15, 0.2) is 48.5 Å². The van der Waals surface area contributed by atoms with Crippen LogP contribution in [-0.4, -0.2) is 48.4 Å². The zero-order chi connectivity index (χ0) is 24.4. The first-order valence-corrected chi connectivity index (χ1v) is 13.5. The van der Waals surface area contributed by atoms with Gasteiger partial charge >= 0.3 is 0 Å². The number of rotatable bonds is 9. The van der Waals surface area contributed by atoms with Crippen LogP contribution in [-0.2, 0) is 21.4 Å². The summed E-state index contributed by atoms with van der Waals surface area (Å²) >= 11 is 12.5. The molecule has 2 atom stereocenters. The van der Waals surface area contributed by atoms with Crippen molar-refractivity contribution in [3.05, 3.63) is 69.7 Å². The summed E-state index contributed by atoms with van der Waals surface area (Å²) in [6.07, 6.45) is 5.99. The Bertz CT molecular complexity index is 1070. The fourth-order valence-corrected chi connectivity index (χ4v) is 6.34. The highest BCUT2D eigenvalue weighted by atomic mass is 35.5. The SMILES string of the molecule is O=C(NC1CN2CCC1CC2)C(CCCc1ccccc1)NC(=O)C1(c2ccc(Cl)cc2Cl)CC1. The van der Waals surface area contributed by atoms with Crippen molar-refractivity contribution in [3.63, 3.8) is 0 Å². The molecule has 2 bridgehead atoms. The van der Waals surface area contributed by atoms with Crippen molar-refractivity contribution in [2.45, 2.75) is 62.4 Å². The van der Waals surface area contributed by atoms with Crippen LogP contribution in [0.25, 0.3) is 0 Å². The molecule has 7 heteroatoms. The summed E-state index contributed by atoms with van der Waals surface area (Å²) in [4.78, 5) is 29.4. The molecule has 3 saturated heterocycles. The Hall–Kier alpha value is -2.08. The largest absolute Gasteiger partial charge is 0.350 e. The van der Waals surface area contributed by atoms with E-state index in [1.54, 1.807) is 12.1 Å². The fraction of sp³-hybridized carbons (Fsp3) is 0.500. The van der Waals surface area contributed by atoms with Crippen molar-refractivity contribution in [1.82, 2.24) is 15.5 Å². The van der Waals surface area contributed by atoms with E-state index in [1.165, 1.54) is 5.56 Å². The van der Waals surface area contributed by atoms with Gasteiger partial charge in [-0.3, -0.25) is 9.59 Å². The summed E-state index contributed by atoms with van der Waals surface area (Å²) in [6.45, 7) is 3.16. The van der Waals surface area contributed by atoms with Crippen LogP contribution < -0.4 is 10.6 Å². The Morgan fingerprint density at radius 1 is 1.06 bits per heavy atom. The maximum atomic E-state index is 13.5. The zero-order valence-corrected chi connectivity index (χ0v) is 21.5. The van der Waals surface area contributed by atoms with Crippen LogP contribution in [0, 0.1) is 5.92 Å². The van der Waals surface area contributed by atoms with Gasteiger partial charge in [-0.05, 0) is 87.2 Å². The van der Waals surface area contributed by atoms with Crippen molar-refractivity contribution in [3.8, 4) is 0 Å². The minimum Gasteiger partial charge on any atom is -0.350 e. The highest BCUT2D eigenvalue weighted by molar-refractivity contribution is 6.35. The summed E-state index contributed by atoms with van der Waals surface area (Å²) in [5.41, 5.74) is 1.36. The van der Waals surface area contributed by atoms with Gasteiger partial charge in [-0.15, -0.1) is 0 Å². The minimum atomic E-state index is -0.671. The van der Waals surface area contributed by atoms with Gasteiger partial charge in [-0.25, -0.2) is 0 Å². The first kappa shape index (κ1) is 24.6. The second-order valence-corrected chi connectivity index (χ2v) is 11.2. The second kappa shape index (κ2) is 10.5. The third-order valence-corrected chi connectivity index (χ3v) is 8.59. The third kappa shape index (κ3) is 5.52. The van der Waals surface area contributed by atoms with Crippen LogP contribution in [0.2, 0.25) is 10.0 Å². The van der Waals surface area contributed by atoms with Crippen LogP contribution in [0.4, 0.5) is 0 Å². The van der Waals surface area contributed by atoms with E-state index in [0.29, 0.717) is 22.4 Å². The van der Waals surface area contributed by atoms with E-state index < -0.39 is 11.5 Å². The molecule has 2 unspecified atom stereocenters. The van der Waals surface area contributed by atoms with Gasteiger partial charge in [0.15, 0.2) is 0 Å². The van der Waals surface area contributed by atoms with Gasteiger partial charge in [-0.1, -0.05) is 59.6 Å². The topological polar surface area (TPSA) is 61.4 Å². The Labute approximate surface area is 217 Å². The van der Waals surface area contributed by atoms with Crippen molar-refractivity contribution in [2.75, 3.05) is 19.6 Å². The molecule has 2 aromatic rings. The Balaban J connectivity index is 1.28. The molecular weight excluding hydrogens is 481 g/mol. The smallest absolute Gasteiger partial charge is 0.242 e. The lowest BCUT2D eigenvalue weighted by molar-refractivity contribution is -0.131. The molecule has 4 aliphatic rings. The van der Waals surface area contributed by atoms with E-state index >= 15 is 0 Å². The van der Waals surface area contributed by atoms with Crippen LogP contribution in [0.1, 0.15) is 49.7 Å². The van der Waals surface area contributed by atoms with Gasteiger partial charge in [0, 0.05) is 22.6 Å². The summed E-state index contributed by atoms with van der Waals surface area (Å²) in [7, 11) is 0. The number of nitrogens with one attached hydrogen (secondary N) is 2. The van der Waals surface area contributed by atoms with Crippen molar-refractivity contribution in [2.24, 2.45) is 5.92 Å². The quantitative estimate of drug-likeness (QED) is 0.508. The average Bonchev–Trinajstić information content (AvgIpc) is 3.66. The highest BCUT2D eigenvalue weighted by Gasteiger charge is 2.53. The summed E-state index contributed by atoms with van der Waals surface area (Å²) in [6, 6.07) is 15.2. The first-order valence-electron chi connectivity index (χ1n) is 12.8. The Morgan fingerprint density at radius 3 is 2.43 bits per heavy atom. The van der Waals surface area contributed by atoms with E-state index in [0.717, 1.165) is 63.7 Å². The molecule has 4 fully saturated rings. The van der Waals surface area contributed by atoms with Crippen molar-refractivity contribution < 1.29 is 9.59 Å². The maximum Gasteiger partial charge on any atom is 0.242 e. The maximum absolute atomic E-state index is 13.5. The van der Waals surface area contributed by atoms with Gasteiger partial charge in [0.05, 0.1) is 5.41 Å². The molecule has 1 aliphatic carbocycles. The number of piperidine rings is 3. The van der Waals surface area contributed by atoms with Crippen LogP contribution in [0.3, 0.4) is 0 Å². The van der Waals surface area contributed by atoms with Crippen molar-refractivity contribution >= 4 is 35.0 Å².